The lowest BCUT2D eigenvalue weighted by Gasteiger charge is -2.27. The lowest BCUT2D eigenvalue weighted by molar-refractivity contribution is 0.185. The van der Waals surface area contributed by atoms with Crippen LogP contribution in [0.5, 0.6) is 0 Å². The summed E-state index contributed by atoms with van der Waals surface area (Å²) in [5.74, 6) is 0.539. The highest BCUT2D eigenvalue weighted by atomic mass is 32.2. The van der Waals surface area contributed by atoms with Gasteiger partial charge in [-0.05, 0) is 25.2 Å². The Labute approximate surface area is 98.5 Å². The molecule has 0 radical (unpaired) electrons. The summed E-state index contributed by atoms with van der Waals surface area (Å²) in [6, 6.07) is 0. The molecule has 0 saturated heterocycles. The maximum absolute atomic E-state index is 11.8. The molecular weight excluding hydrogens is 226 g/mol. The molecule has 5 heteroatoms. The molecule has 0 unspecified atom stereocenters. The zero-order chi connectivity index (χ0) is 12.2. The van der Waals surface area contributed by atoms with Gasteiger partial charge in [-0.25, -0.2) is 13.1 Å². The first-order chi connectivity index (χ1) is 7.39. The monoisotopic (exact) mass is 249 g/mol. The van der Waals surface area contributed by atoms with E-state index in [2.05, 4.69) is 4.72 Å². The maximum atomic E-state index is 11.8. The molecule has 0 bridgehead atoms. The van der Waals surface area contributed by atoms with Gasteiger partial charge in [0, 0.05) is 0 Å². The molecule has 0 aromatic heterocycles. The first-order valence-electron chi connectivity index (χ1n) is 6.02. The van der Waals surface area contributed by atoms with Gasteiger partial charge in [-0.3, -0.25) is 0 Å². The maximum Gasteiger partial charge on any atom is 0.212 e. The highest BCUT2D eigenvalue weighted by molar-refractivity contribution is 7.89. The molecule has 0 atom stereocenters. The summed E-state index contributed by atoms with van der Waals surface area (Å²) < 4.78 is 26.4. The highest BCUT2D eigenvalue weighted by Crippen LogP contribution is 2.29. The van der Waals surface area contributed by atoms with E-state index in [0.717, 1.165) is 25.7 Å². The molecule has 0 spiro atoms. The van der Waals surface area contributed by atoms with Gasteiger partial charge in [0.05, 0.1) is 17.9 Å². The molecule has 4 nitrogen and oxygen atoms in total. The second-order valence-corrected chi connectivity index (χ2v) is 7.09. The van der Waals surface area contributed by atoms with E-state index >= 15 is 0 Å². The van der Waals surface area contributed by atoms with Crippen LogP contribution in [0.2, 0.25) is 0 Å². The van der Waals surface area contributed by atoms with Crippen LogP contribution >= 0.6 is 0 Å². The number of aliphatic hydroxyl groups excluding tert-OH is 1. The van der Waals surface area contributed by atoms with Crippen LogP contribution in [0.15, 0.2) is 0 Å². The minimum Gasteiger partial charge on any atom is -0.394 e. The first-order valence-corrected chi connectivity index (χ1v) is 7.67. The van der Waals surface area contributed by atoms with Crippen LogP contribution in [-0.4, -0.2) is 31.4 Å². The van der Waals surface area contributed by atoms with Crippen molar-refractivity contribution in [1.29, 1.82) is 0 Å². The van der Waals surface area contributed by atoms with Gasteiger partial charge in [0.1, 0.15) is 0 Å². The van der Waals surface area contributed by atoms with Gasteiger partial charge in [0.15, 0.2) is 0 Å². The lowest BCUT2D eigenvalue weighted by Crippen LogP contribution is -2.49. The summed E-state index contributed by atoms with van der Waals surface area (Å²) in [4.78, 5) is 0. The van der Waals surface area contributed by atoms with Crippen molar-refractivity contribution in [3.8, 4) is 0 Å². The SMILES string of the molecule is CC(C)CCS(=O)(=O)NC1(CO)CCCC1. The van der Waals surface area contributed by atoms with Crippen molar-refractivity contribution < 1.29 is 13.5 Å². The minimum atomic E-state index is -3.24. The average Bonchev–Trinajstić information content (AvgIpc) is 2.64. The van der Waals surface area contributed by atoms with Gasteiger partial charge in [-0.2, -0.15) is 0 Å². The van der Waals surface area contributed by atoms with E-state index in [1.54, 1.807) is 0 Å². The van der Waals surface area contributed by atoms with Crippen molar-refractivity contribution >= 4 is 10.0 Å². The summed E-state index contributed by atoms with van der Waals surface area (Å²) >= 11 is 0. The molecule has 1 aliphatic rings. The number of aliphatic hydroxyl groups is 1. The summed E-state index contributed by atoms with van der Waals surface area (Å²) in [5, 5.41) is 9.33. The van der Waals surface area contributed by atoms with E-state index in [-0.39, 0.29) is 12.4 Å². The van der Waals surface area contributed by atoms with Crippen molar-refractivity contribution in [1.82, 2.24) is 4.72 Å². The van der Waals surface area contributed by atoms with Crippen molar-refractivity contribution in [2.24, 2.45) is 5.92 Å². The number of sulfonamides is 1. The zero-order valence-electron chi connectivity index (χ0n) is 10.2. The second kappa shape index (κ2) is 5.47. The Hall–Kier alpha value is -0.130. The van der Waals surface area contributed by atoms with E-state index in [1.807, 2.05) is 13.8 Å². The summed E-state index contributed by atoms with van der Waals surface area (Å²) in [6.45, 7) is 3.92. The minimum absolute atomic E-state index is 0.0894. The predicted octanol–water partition coefficient (Wildman–Crippen LogP) is 1.26. The molecule has 1 aliphatic carbocycles. The second-order valence-electron chi connectivity index (χ2n) is 5.25. The summed E-state index contributed by atoms with van der Waals surface area (Å²) in [7, 11) is -3.24. The molecule has 1 rings (SSSR count). The van der Waals surface area contributed by atoms with E-state index in [1.165, 1.54) is 0 Å². The molecule has 96 valence electrons. The van der Waals surface area contributed by atoms with Crippen LogP contribution in [-0.2, 0) is 10.0 Å². The molecular formula is C11H23NO3S. The quantitative estimate of drug-likeness (QED) is 0.744. The van der Waals surface area contributed by atoms with Gasteiger partial charge in [-0.1, -0.05) is 26.7 Å². The average molecular weight is 249 g/mol. The Morgan fingerprint density at radius 2 is 1.88 bits per heavy atom. The molecule has 0 heterocycles. The van der Waals surface area contributed by atoms with Crippen LogP contribution < -0.4 is 4.72 Å². The Balaban J connectivity index is 2.56. The van der Waals surface area contributed by atoms with E-state index in [9.17, 15) is 13.5 Å². The third-order valence-corrected chi connectivity index (χ3v) is 4.72. The van der Waals surface area contributed by atoms with Gasteiger partial charge in [0.25, 0.3) is 0 Å². The number of hydrogen-bond donors (Lipinski definition) is 2. The lowest BCUT2D eigenvalue weighted by atomic mass is 10.0. The molecule has 1 fully saturated rings. The molecule has 0 amide bonds. The Morgan fingerprint density at radius 1 is 1.31 bits per heavy atom. The summed E-state index contributed by atoms with van der Waals surface area (Å²) in [6.07, 6.45) is 4.16. The molecule has 2 N–H and O–H groups in total. The van der Waals surface area contributed by atoms with Gasteiger partial charge < -0.3 is 5.11 Å². The fraction of sp³-hybridized carbons (Fsp3) is 1.00. The van der Waals surface area contributed by atoms with E-state index in [4.69, 9.17) is 0 Å². The topological polar surface area (TPSA) is 66.4 Å². The molecule has 0 aromatic rings. The number of rotatable bonds is 6. The molecule has 16 heavy (non-hydrogen) atoms. The van der Waals surface area contributed by atoms with Crippen molar-refractivity contribution in [3.05, 3.63) is 0 Å². The fourth-order valence-corrected chi connectivity index (χ4v) is 3.93. The zero-order valence-corrected chi connectivity index (χ0v) is 11.0. The third-order valence-electron chi connectivity index (χ3n) is 3.20. The number of nitrogens with one attached hydrogen (secondary N) is 1. The molecule has 0 aliphatic heterocycles. The first kappa shape index (κ1) is 13.9. The van der Waals surface area contributed by atoms with E-state index < -0.39 is 15.6 Å². The molecule has 1 saturated carbocycles. The van der Waals surface area contributed by atoms with Crippen molar-refractivity contribution in [2.75, 3.05) is 12.4 Å². The van der Waals surface area contributed by atoms with Gasteiger partial charge >= 0.3 is 0 Å². The Bertz CT molecular complexity index is 305. The molecule has 0 aromatic carbocycles. The standard InChI is InChI=1S/C11H23NO3S/c1-10(2)5-8-16(14,15)12-11(9-13)6-3-4-7-11/h10,12-13H,3-9H2,1-2H3. The smallest absolute Gasteiger partial charge is 0.212 e. The van der Waals surface area contributed by atoms with Crippen molar-refractivity contribution in [2.45, 2.75) is 51.5 Å². The third kappa shape index (κ3) is 4.03. The van der Waals surface area contributed by atoms with Gasteiger partial charge in [0.2, 0.25) is 10.0 Å². The van der Waals surface area contributed by atoms with Gasteiger partial charge in [-0.15, -0.1) is 0 Å². The van der Waals surface area contributed by atoms with Crippen LogP contribution in [0.3, 0.4) is 0 Å². The fourth-order valence-electron chi connectivity index (χ4n) is 2.12. The summed E-state index contributed by atoms with van der Waals surface area (Å²) in [5.41, 5.74) is -0.574. The Morgan fingerprint density at radius 3 is 2.31 bits per heavy atom. The number of hydrogen-bond acceptors (Lipinski definition) is 3. The highest BCUT2D eigenvalue weighted by Gasteiger charge is 2.36. The van der Waals surface area contributed by atoms with Crippen LogP contribution in [0.1, 0.15) is 46.0 Å². The van der Waals surface area contributed by atoms with Crippen molar-refractivity contribution in [3.63, 3.8) is 0 Å². The van der Waals surface area contributed by atoms with Crippen LogP contribution in [0, 0.1) is 5.92 Å². The van der Waals surface area contributed by atoms with Crippen LogP contribution in [0.25, 0.3) is 0 Å². The predicted molar refractivity (Wildman–Crippen MR) is 64.7 cm³/mol. The van der Waals surface area contributed by atoms with E-state index in [0.29, 0.717) is 12.3 Å². The largest absolute Gasteiger partial charge is 0.394 e. The normalized spacial score (nSPS) is 20.5. The Kier molecular flexibility index (Phi) is 4.76. The van der Waals surface area contributed by atoms with Crippen LogP contribution in [0.4, 0.5) is 0 Å².